The summed E-state index contributed by atoms with van der Waals surface area (Å²) in [6.45, 7) is 0. The van der Waals surface area contributed by atoms with E-state index in [2.05, 4.69) is 20.6 Å². The second kappa shape index (κ2) is 8.14. The fourth-order valence-electron chi connectivity index (χ4n) is 2.16. The highest BCUT2D eigenvalue weighted by Gasteiger charge is 2.24. The fraction of sp³-hybridized carbons (Fsp3) is 0. The summed E-state index contributed by atoms with van der Waals surface area (Å²) in [4.78, 5) is 18.9. The molecule has 0 spiro atoms. The smallest absolute Gasteiger partial charge is 0.334 e. The van der Waals surface area contributed by atoms with Crippen LogP contribution in [-0.4, -0.2) is 14.9 Å². The van der Waals surface area contributed by atoms with E-state index in [1.807, 2.05) is 0 Å². The molecule has 0 bridgehead atoms. The standard InChI is InChI=1S/C16H9Cl4N5O2/c17-8-1-4-13(12(20)5-8)24-16-14(25(26)27)15(21-7-22-16)23-9-2-3-10(18)11(19)6-9/h1-7H,(H2,21,22,23,24). The van der Waals surface area contributed by atoms with Gasteiger partial charge < -0.3 is 10.6 Å². The van der Waals surface area contributed by atoms with Crippen LogP contribution in [0.15, 0.2) is 42.7 Å². The monoisotopic (exact) mass is 443 g/mol. The van der Waals surface area contributed by atoms with Crippen LogP contribution in [0, 0.1) is 10.1 Å². The third-order valence-corrected chi connectivity index (χ3v) is 4.66. The molecular formula is C16H9Cl4N5O2. The molecule has 0 aliphatic heterocycles. The van der Waals surface area contributed by atoms with Gasteiger partial charge in [0.05, 0.1) is 25.7 Å². The van der Waals surface area contributed by atoms with E-state index in [9.17, 15) is 10.1 Å². The number of nitro groups is 1. The van der Waals surface area contributed by atoms with Crippen molar-refractivity contribution in [3.8, 4) is 0 Å². The largest absolute Gasteiger partial charge is 0.353 e. The predicted molar refractivity (Wildman–Crippen MR) is 108 cm³/mol. The maximum atomic E-state index is 11.6. The quantitative estimate of drug-likeness (QED) is 0.345. The molecule has 0 amide bonds. The van der Waals surface area contributed by atoms with E-state index in [0.717, 1.165) is 0 Å². The lowest BCUT2D eigenvalue weighted by atomic mass is 10.3. The van der Waals surface area contributed by atoms with Crippen LogP contribution < -0.4 is 10.6 Å². The number of nitrogens with zero attached hydrogens (tertiary/aromatic N) is 3. The number of benzene rings is 2. The van der Waals surface area contributed by atoms with Gasteiger partial charge in [0, 0.05) is 10.7 Å². The number of anilines is 4. The van der Waals surface area contributed by atoms with E-state index in [-0.39, 0.29) is 22.3 Å². The highest BCUT2D eigenvalue weighted by Crippen LogP contribution is 2.36. The number of rotatable bonds is 5. The van der Waals surface area contributed by atoms with Crippen LogP contribution in [0.3, 0.4) is 0 Å². The summed E-state index contributed by atoms with van der Waals surface area (Å²) in [5.41, 5.74) is 0.514. The molecule has 27 heavy (non-hydrogen) atoms. The van der Waals surface area contributed by atoms with Gasteiger partial charge in [0.15, 0.2) is 0 Å². The Kier molecular flexibility index (Phi) is 5.86. The molecule has 0 fully saturated rings. The average molecular weight is 445 g/mol. The van der Waals surface area contributed by atoms with Crippen molar-refractivity contribution in [1.29, 1.82) is 0 Å². The highest BCUT2D eigenvalue weighted by molar-refractivity contribution is 6.42. The van der Waals surface area contributed by atoms with Crippen molar-refractivity contribution in [2.45, 2.75) is 0 Å². The molecule has 1 heterocycles. The lowest BCUT2D eigenvalue weighted by Crippen LogP contribution is -2.05. The third-order valence-electron chi connectivity index (χ3n) is 3.37. The lowest BCUT2D eigenvalue weighted by molar-refractivity contribution is -0.383. The number of hydrogen-bond acceptors (Lipinski definition) is 6. The van der Waals surface area contributed by atoms with Crippen molar-refractivity contribution in [2.24, 2.45) is 0 Å². The van der Waals surface area contributed by atoms with Gasteiger partial charge in [-0.15, -0.1) is 0 Å². The Labute approximate surface area is 173 Å². The third kappa shape index (κ3) is 4.51. The summed E-state index contributed by atoms with van der Waals surface area (Å²) < 4.78 is 0. The summed E-state index contributed by atoms with van der Waals surface area (Å²) in [6.07, 6.45) is 1.18. The topological polar surface area (TPSA) is 93.0 Å². The number of halogens is 4. The van der Waals surface area contributed by atoms with Gasteiger partial charge in [-0.25, -0.2) is 9.97 Å². The van der Waals surface area contributed by atoms with Crippen molar-refractivity contribution >= 4 is 75.1 Å². The Morgan fingerprint density at radius 1 is 0.852 bits per heavy atom. The van der Waals surface area contributed by atoms with E-state index in [1.165, 1.54) is 18.5 Å². The molecule has 0 saturated heterocycles. The second-order valence-electron chi connectivity index (χ2n) is 5.18. The molecule has 0 unspecified atom stereocenters. The van der Waals surface area contributed by atoms with E-state index < -0.39 is 4.92 Å². The molecule has 0 atom stereocenters. The van der Waals surface area contributed by atoms with Crippen LogP contribution in [0.25, 0.3) is 0 Å². The van der Waals surface area contributed by atoms with Gasteiger partial charge in [0.2, 0.25) is 11.6 Å². The van der Waals surface area contributed by atoms with Crippen molar-refractivity contribution in [2.75, 3.05) is 10.6 Å². The average Bonchev–Trinajstić information content (AvgIpc) is 2.60. The zero-order chi connectivity index (χ0) is 19.6. The Morgan fingerprint density at radius 3 is 2.19 bits per heavy atom. The van der Waals surface area contributed by atoms with Gasteiger partial charge >= 0.3 is 5.69 Å². The summed E-state index contributed by atoms with van der Waals surface area (Å²) in [6, 6.07) is 9.39. The van der Waals surface area contributed by atoms with E-state index >= 15 is 0 Å². The fourth-order valence-corrected chi connectivity index (χ4v) is 2.92. The molecule has 3 aromatic rings. The predicted octanol–water partition coefficient (Wildman–Crippen LogP) is 6.49. The first-order chi connectivity index (χ1) is 12.8. The Balaban J connectivity index is 1.99. The van der Waals surface area contributed by atoms with Crippen molar-refractivity contribution in [3.63, 3.8) is 0 Å². The molecule has 11 heteroatoms. The number of hydrogen-bond donors (Lipinski definition) is 2. The Bertz CT molecular complexity index is 1030. The van der Waals surface area contributed by atoms with Crippen LogP contribution in [0.2, 0.25) is 20.1 Å². The Morgan fingerprint density at radius 2 is 1.56 bits per heavy atom. The second-order valence-corrected chi connectivity index (χ2v) is 6.84. The lowest BCUT2D eigenvalue weighted by Gasteiger charge is -2.11. The zero-order valence-corrected chi connectivity index (χ0v) is 16.2. The molecule has 0 aliphatic rings. The van der Waals surface area contributed by atoms with Gasteiger partial charge in [-0.3, -0.25) is 10.1 Å². The van der Waals surface area contributed by atoms with Gasteiger partial charge in [0.1, 0.15) is 6.33 Å². The normalized spacial score (nSPS) is 10.5. The first kappa shape index (κ1) is 19.4. The maximum Gasteiger partial charge on any atom is 0.353 e. The van der Waals surface area contributed by atoms with Gasteiger partial charge in [0.25, 0.3) is 0 Å². The van der Waals surface area contributed by atoms with Gasteiger partial charge in [-0.2, -0.15) is 0 Å². The van der Waals surface area contributed by atoms with Crippen LogP contribution in [0.4, 0.5) is 28.7 Å². The van der Waals surface area contributed by atoms with Crippen LogP contribution in [0.5, 0.6) is 0 Å². The summed E-state index contributed by atoms with van der Waals surface area (Å²) in [5.74, 6) is -0.0669. The summed E-state index contributed by atoms with van der Waals surface area (Å²) in [7, 11) is 0. The molecule has 0 saturated carbocycles. The minimum atomic E-state index is -0.605. The van der Waals surface area contributed by atoms with E-state index in [0.29, 0.717) is 26.4 Å². The SMILES string of the molecule is O=[N+]([O-])c1c(Nc2ccc(Cl)c(Cl)c2)ncnc1Nc1ccc(Cl)cc1Cl. The molecule has 1 aromatic heterocycles. The van der Waals surface area contributed by atoms with E-state index in [1.54, 1.807) is 24.3 Å². The molecule has 0 radical (unpaired) electrons. The molecule has 2 aromatic carbocycles. The van der Waals surface area contributed by atoms with Crippen LogP contribution >= 0.6 is 46.4 Å². The minimum Gasteiger partial charge on any atom is -0.334 e. The van der Waals surface area contributed by atoms with Crippen molar-refractivity contribution in [3.05, 3.63) is 72.9 Å². The van der Waals surface area contributed by atoms with Crippen LogP contribution in [-0.2, 0) is 0 Å². The minimum absolute atomic E-state index is 0.0269. The van der Waals surface area contributed by atoms with Gasteiger partial charge in [-0.1, -0.05) is 46.4 Å². The first-order valence-electron chi connectivity index (χ1n) is 7.28. The number of aromatic nitrogens is 2. The molecule has 138 valence electrons. The molecular weight excluding hydrogens is 436 g/mol. The van der Waals surface area contributed by atoms with Crippen LogP contribution in [0.1, 0.15) is 0 Å². The summed E-state index contributed by atoms with van der Waals surface area (Å²) >= 11 is 23.8. The Hall–Kier alpha value is -2.32. The van der Waals surface area contributed by atoms with Gasteiger partial charge in [-0.05, 0) is 36.4 Å². The molecule has 3 rings (SSSR count). The van der Waals surface area contributed by atoms with Crippen molar-refractivity contribution in [1.82, 2.24) is 9.97 Å². The van der Waals surface area contributed by atoms with Crippen molar-refractivity contribution < 1.29 is 4.92 Å². The zero-order valence-electron chi connectivity index (χ0n) is 13.2. The number of nitrogens with one attached hydrogen (secondary N) is 2. The highest BCUT2D eigenvalue weighted by atomic mass is 35.5. The maximum absolute atomic E-state index is 11.6. The first-order valence-corrected chi connectivity index (χ1v) is 8.80. The summed E-state index contributed by atoms with van der Waals surface area (Å²) in [5, 5.41) is 18.7. The molecule has 0 aliphatic carbocycles. The molecule has 7 nitrogen and oxygen atoms in total. The molecule has 2 N–H and O–H groups in total. The van der Waals surface area contributed by atoms with E-state index in [4.69, 9.17) is 46.4 Å².